The van der Waals surface area contributed by atoms with Gasteiger partial charge in [-0.3, -0.25) is 0 Å². The van der Waals surface area contributed by atoms with Gasteiger partial charge in [-0.05, 0) is 25.5 Å². The Bertz CT molecular complexity index is 619. The van der Waals surface area contributed by atoms with Crippen molar-refractivity contribution in [1.29, 1.82) is 0 Å². The molecule has 0 bridgehead atoms. The van der Waals surface area contributed by atoms with Crippen molar-refractivity contribution in [2.24, 2.45) is 5.73 Å². The molecule has 0 saturated heterocycles. The molecule has 0 saturated carbocycles. The Morgan fingerprint density at radius 3 is 2.05 bits per heavy atom. The molecule has 2 N–H and O–H groups in total. The van der Waals surface area contributed by atoms with Crippen LogP contribution in [0.5, 0.6) is 23.1 Å². The molecule has 0 unspecified atom stereocenters. The Morgan fingerprint density at radius 1 is 0.952 bits per heavy atom. The minimum atomic E-state index is 0.371. The Kier molecular flexibility index (Phi) is 4.65. The summed E-state index contributed by atoms with van der Waals surface area (Å²) in [6.07, 6.45) is 0. The number of aromatic nitrogens is 1. The van der Waals surface area contributed by atoms with Crippen LogP contribution in [0.1, 0.15) is 16.8 Å². The van der Waals surface area contributed by atoms with Crippen molar-refractivity contribution < 1.29 is 14.2 Å². The minimum Gasteiger partial charge on any atom is -0.496 e. The summed E-state index contributed by atoms with van der Waals surface area (Å²) in [6, 6.07) is 7.33. The van der Waals surface area contributed by atoms with Gasteiger partial charge in [-0.15, -0.1) is 0 Å². The van der Waals surface area contributed by atoms with Crippen molar-refractivity contribution in [3.8, 4) is 23.1 Å². The number of pyridine rings is 1. The topological polar surface area (TPSA) is 66.6 Å². The predicted molar refractivity (Wildman–Crippen MR) is 81.2 cm³/mol. The summed E-state index contributed by atoms with van der Waals surface area (Å²) in [7, 11) is 3.19. The molecule has 5 nitrogen and oxygen atoms in total. The smallest absolute Gasteiger partial charge is 0.224 e. The van der Waals surface area contributed by atoms with Crippen LogP contribution in [-0.4, -0.2) is 19.2 Å². The minimum absolute atomic E-state index is 0.371. The van der Waals surface area contributed by atoms with Gasteiger partial charge in [-0.2, -0.15) is 0 Å². The number of rotatable bonds is 5. The summed E-state index contributed by atoms with van der Waals surface area (Å²) in [6.45, 7) is 4.29. The molecule has 1 aromatic heterocycles. The molecule has 2 aromatic rings. The molecule has 112 valence electrons. The van der Waals surface area contributed by atoms with E-state index < -0.39 is 0 Å². The van der Waals surface area contributed by atoms with E-state index in [1.165, 1.54) is 0 Å². The van der Waals surface area contributed by atoms with E-state index in [9.17, 15) is 0 Å². The maximum Gasteiger partial charge on any atom is 0.224 e. The predicted octanol–water partition coefficient (Wildman–Crippen LogP) is 2.97. The van der Waals surface area contributed by atoms with E-state index in [0.717, 1.165) is 16.8 Å². The van der Waals surface area contributed by atoms with Crippen LogP contribution in [0.4, 0.5) is 0 Å². The van der Waals surface area contributed by atoms with Gasteiger partial charge in [0.25, 0.3) is 0 Å². The maximum atomic E-state index is 5.90. The molecule has 0 aliphatic rings. The van der Waals surface area contributed by atoms with Crippen LogP contribution in [0.2, 0.25) is 0 Å². The maximum absolute atomic E-state index is 5.90. The molecule has 0 aliphatic heterocycles. The van der Waals surface area contributed by atoms with Gasteiger partial charge in [0, 0.05) is 36.0 Å². The van der Waals surface area contributed by atoms with Gasteiger partial charge in [0.05, 0.1) is 14.2 Å². The lowest BCUT2D eigenvalue weighted by molar-refractivity contribution is 0.384. The quantitative estimate of drug-likeness (QED) is 0.916. The van der Waals surface area contributed by atoms with Crippen molar-refractivity contribution in [2.75, 3.05) is 14.2 Å². The summed E-state index contributed by atoms with van der Waals surface area (Å²) >= 11 is 0. The summed E-state index contributed by atoms with van der Waals surface area (Å²) in [5.41, 5.74) is 8.64. The zero-order valence-electron chi connectivity index (χ0n) is 12.8. The van der Waals surface area contributed by atoms with Gasteiger partial charge >= 0.3 is 0 Å². The van der Waals surface area contributed by atoms with E-state index in [4.69, 9.17) is 19.9 Å². The third-order valence-corrected chi connectivity index (χ3v) is 3.18. The summed E-state index contributed by atoms with van der Waals surface area (Å²) in [5, 5.41) is 0. The van der Waals surface area contributed by atoms with Crippen LogP contribution in [0.15, 0.2) is 24.3 Å². The van der Waals surface area contributed by atoms with Crippen molar-refractivity contribution in [1.82, 2.24) is 4.98 Å². The highest BCUT2D eigenvalue weighted by molar-refractivity contribution is 5.45. The standard InChI is InChI=1S/C16H20N2O3/c1-10-5-11(2)18-16(15(10)9-17)21-14-7-12(19-3)6-13(8-14)20-4/h5-8H,9,17H2,1-4H3. The fraction of sp³-hybridized carbons (Fsp3) is 0.312. The first-order chi connectivity index (χ1) is 10.1. The van der Waals surface area contributed by atoms with E-state index in [1.54, 1.807) is 32.4 Å². The van der Waals surface area contributed by atoms with Gasteiger partial charge < -0.3 is 19.9 Å². The largest absolute Gasteiger partial charge is 0.496 e. The van der Waals surface area contributed by atoms with E-state index in [-0.39, 0.29) is 0 Å². The molecule has 0 amide bonds. The van der Waals surface area contributed by atoms with Crippen LogP contribution in [0.3, 0.4) is 0 Å². The SMILES string of the molecule is COc1cc(OC)cc(Oc2nc(C)cc(C)c2CN)c1. The van der Waals surface area contributed by atoms with E-state index >= 15 is 0 Å². The van der Waals surface area contributed by atoms with Crippen molar-refractivity contribution >= 4 is 0 Å². The molecule has 5 heteroatoms. The number of nitrogens with zero attached hydrogens (tertiary/aromatic N) is 1. The third-order valence-electron chi connectivity index (χ3n) is 3.18. The zero-order valence-corrected chi connectivity index (χ0v) is 12.8. The van der Waals surface area contributed by atoms with Crippen molar-refractivity contribution in [2.45, 2.75) is 20.4 Å². The molecular weight excluding hydrogens is 268 g/mol. The Morgan fingerprint density at radius 2 is 1.52 bits per heavy atom. The van der Waals surface area contributed by atoms with Crippen LogP contribution >= 0.6 is 0 Å². The first-order valence-corrected chi connectivity index (χ1v) is 6.65. The van der Waals surface area contributed by atoms with Crippen LogP contribution in [0, 0.1) is 13.8 Å². The summed E-state index contributed by atoms with van der Waals surface area (Å²) in [5.74, 6) is 2.43. The average Bonchev–Trinajstić information content (AvgIpc) is 2.46. The molecule has 2 rings (SSSR count). The van der Waals surface area contributed by atoms with E-state index in [1.807, 2.05) is 19.9 Å². The molecule has 0 aliphatic carbocycles. The Hall–Kier alpha value is -2.27. The fourth-order valence-corrected chi connectivity index (χ4v) is 2.11. The van der Waals surface area contributed by atoms with Crippen LogP contribution in [-0.2, 0) is 6.54 Å². The molecule has 0 fully saturated rings. The van der Waals surface area contributed by atoms with E-state index in [2.05, 4.69) is 4.98 Å². The Balaban J connectivity index is 2.42. The lowest BCUT2D eigenvalue weighted by Gasteiger charge is -2.14. The average molecular weight is 288 g/mol. The number of methoxy groups -OCH3 is 2. The van der Waals surface area contributed by atoms with Gasteiger partial charge in [0.15, 0.2) is 0 Å². The number of benzene rings is 1. The molecule has 0 radical (unpaired) electrons. The van der Waals surface area contributed by atoms with Gasteiger partial charge in [0.1, 0.15) is 17.2 Å². The second-order valence-electron chi connectivity index (χ2n) is 4.72. The van der Waals surface area contributed by atoms with Gasteiger partial charge in [-0.1, -0.05) is 0 Å². The first-order valence-electron chi connectivity index (χ1n) is 6.65. The lowest BCUT2D eigenvalue weighted by Crippen LogP contribution is -2.05. The van der Waals surface area contributed by atoms with Gasteiger partial charge in [-0.25, -0.2) is 4.98 Å². The molecule has 1 heterocycles. The number of hydrogen-bond acceptors (Lipinski definition) is 5. The number of hydrogen-bond donors (Lipinski definition) is 1. The second-order valence-corrected chi connectivity index (χ2v) is 4.72. The number of aryl methyl sites for hydroxylation is 2. The third kappa shape index (κ3) is 3.44. The van der Waals surface area contributed by atoms with Gasteiger partial charge in [0.2, 0.25) is 5.88 Å². The number of nitrogens with two attached hydrogens (primary N) is 1. The normalized spacial score (nSPS) is 10.3. The monoisotopic (exact) mass is 288 g/mol. The van der Waals surface area contributed by atoms with Crippen LogP contribution < -0.4 is 19.9 Å². The highest BCUT2D eigenvalue weighted by Gasteiger charge is 2.11. The number of ether oxygens (including phenoxy) is 3. The summed E-state index contributed by atoms with van der Waals surface area (Å²) < 4.78 is 16.4. The zero-order chi connectivity index (χ0) is 15.4. The second kappa shape index (κ2) is 6.45. The van der Waals surface area contributed by atoms with Crippen LogP contribution in [0.25, 0.3) is 0 Å². The van der Waals surface area contributed by atoms with Crippen molar-refractivity contribution in [3.05, 3.63) is 41.1 Å². The summed E-state index contributed by atoms with van der Waals surface area (Å²) in [4.78, 5) is 4.43. The highest BCUT2D eigenvalue weighted by Crippen LogP contribution is 2.32. The molecule has 0 atom stereocenters. The molecular formula is C16H20N2O3. The Labute approximate surface area is 124 Å². The van der Waals surface area contributed by atoms with Crippen molar-refractivity contribution in [3.63, 3.8) is 0 Å². The molecule has 1 aromatic carbocycles. The lowest BCUT2D eigenvalue weighted by atomic mass is 10.1. The highest BCUT2D eigenvalue weighted by atomic mass is 16.5. The molecule has 21 heavy (non-hydrogen) atoms. The van der Waals surface area contributed by atoms with E-state index in [0.29, 0.717) is 29.7 Å². The molecule has 0 spiro atoms. The first kappa shape index (κ1) is 15.1. The fourth-order valence-electron chi connectivity index (χ4n) is 2.11.